The number of ketones is 1. The van der Waals surface area contributed by atoms with Gasteiger partial charge in [0.25, 0.3) is 0 Å². The molecule has 2 N–H and O–H groups in total. The van der Waals surface area contributed by atoms with Gasteiger partial charge < -0.3 is 10.2 Å². The van der Waals surface area contributed by atoms with Crippen LogP contribution in [0.5, 0.6) is 0 Å². The average Bonchev–Trinajstić information content (AvgIpc) is 2.65. The Balaban J connectivity index is 1.82. The second-order valence-electron chi connectivity index (χ2n) is 9.63. The summed E-state index contributed by atoms with van der Waals surface area (Å²) in [7, 11) is 0. The highest BCUT2D eigenvalue weighted by atomic mass is 16.3. The lowest BCUT2D eigenvalue weighted by Gasteiger charge is -2.64. The van der Waals surface area contributed by atoms with Gasteiger partial charge in [-0.3, -0.25) is 4.79 Å². The molecular formula is C20H30O3. The van der Waals surface area contributed by atoms with E-state index in [0.717, 1.165) is 37.7 Å². The molecule has 0 amide bonds. The number of fused-ring (bicyclic) bond motifs is 3. The summed E-state index contributed by atoms with van der Waals surface area (Å²) in [4.78, 5) is 12.5. The Kier molecular flexibility index (Phi) is 3.09. The minimum Gasteiger partial charge on any atom is -0.393 e. The number of carbonyl (C=O) groups is 1. The van der Waals surface area contributed by atoms with E-state index in [1.807, 2.05) is 0 Å². The van der Waals surface area contributed by atoms with Gasteiger partial charge in [0, 0.05) is 17.3 Å². The monoisotopic (exact) mass is 318 g/mol. The summed E-state index contributed by atoms with van der Waals surface area (Å²) in [6, 6.07) is 0. The lowest BCUT2D eigenvalue weighted by Crippen LogP contribution is -2.63. The van der Waals surface area contributed by atoms with Crippen molar-refractivity contribution < 1.29 is 15.0 Å². The molecule has 0 radical (unpaired) electrons. The maximum Gasteiger partial charge on any atom is 0.138 e. The molecule has 4 rings (SSSR count). The van der Waals surface area contributed by atoms with E-state index in [2.05, 4.69) is 27.4 Å². The van der Waals surface area contributed by atoms with Crippen LogP contribution in [0.3, 0.4) is 0 Å². The molecule has 7 atom stereocenters. The van der Waals surface area contributed by atoms with E-state index >= 15 is 0 Å². The largest absolute Gasteiger partial charge is 0.393 e. The molecule has 0 aromatic rings. The van der Waals surface area contributed by atoms with Gasteiger partial charge in [-0.15, -0.1) is 0 Å². The number of aliphatic hydroxyl groups is 2. The molecule has 0 heterocycles. The lowest BCUT2D eigenvalue weighted by molar-refractivity contribution is -0.203. The van der Waals surface area contributed by atoms with Crippen LogP contribution in [0.4, 0.5) is 0 Å². The predicted molar refractivity (Wildman–Crippen MR) is 88.7 cm³/mol. The number of rotatable bonds is 0. The maximum atomic E-state index is 12.5. The van der Waals surface area contributed by atoms with Crippen LogP contribution in [0, 0.1) is 34.0 Å². The van der Waals surface area contributed by atoms with Gasteiger partial charge in [0.2, 0.25) is 0 Å². The highest BCUT2D eigenvalue weighted by Gasteiger charge is 2.69. The van der Waals surface area contributed by atoms with Crippen LogP contribution >= 0.6 is 0 Å². The zero-order valence-corrected chi connectivity index (χ0v) is 14.6. The Morgan fingerprint density at radius 1 is 1.17 bits per heavy atom. The van der Waals surface area contributed by atoms with E-state index < -0.39 is 6.10 Å². The van der Waals surface area contributed by atoms with Gasteiger partial charge in [-0.05, 0) is 60.8 Å². The fourth-order valence-electron chi connectivity index (χ4n) is 7.50. The van der Waals surface area contributed by atoms with Gasteiger partial charge in [0.1, 0.15) is 5.78 Å². The summed E-state index contributed by atoms with van der Waals surface area (Å²) in [6.45, 7) is 10.6. The molecule has 23 heavy (non-hydrogen) atoms. The molecule has 0 saturated heterocycles. The molecule has 128 valence electrons. The first-order valence-electron chi connectivity index (χ1n) is 9.23. The second kappa shape index (κ2) is 4.49. The van der Waals surface area contributed by atoms with Crippen molar-refractivity contribution in [3.8, 4) is 0 Å². The molecule has 0 aromatic carbocycles. The van der Waals surface area contributed by atoms with Crippen molar-refractivity contribution in [2.75, 3.05) is 0 Å². The molecule has 1 spiro atoms. The van der Waals surface area contributed by atoms with Crippen LogP contribution in [0.1, 0.15) is 59.3 Å². The van der Waals surface area contributed by atoms with Crippen molar-refractivity contribution in [1.29, 1.82) is 0 Å². The number of aliphatic hydroxyl groups excluding tert-OH is 2. The minimum atomic E-state index is -0.479. The van der Waals surface area contributed by atoms with Gasteiger partial charge in [-0.1, -0.05) is 27.4 Å². The first kappa shape index (κ1) is 15.8. The van der Waals surface area contributed by atoms with Crippen molar-refractivity contribution in [2.45, 2.75) is 71.5 Å². The van der Waals surface area contributed by atoms with E-state index in [1.165, 1.54) is 0 Å². The third-order valence-electron chi connectivity index (χ3n) is 8.46. The molecule has 0 aromatic heterocycles. The average molecular weight is 318 g/mol. The first-order valence-corrected chi connectivity index (χ1v) is 9.23. The van der Waals surface area contributed by atoms with E-state index in [0.29, 0.717) is 18.1 Å². The van der Waals surface area contributed by atoms with Crippen molar-refractivity contribution in [3.05, 3.63) is 12.2 Å². The smallest absolute Gasteiger partial charge is 0.138 e. The highest BCUT2D eigenvalue weighted by molar-refractivity contribution is 5.85. The van der Waals surface area contributed by atoms with Crippen molar-refractivity contribution >= 4 is 5.78 Å². The van der Waals surface area contributed by atoms with E-state index in [9.17, 15) is 15.0 Å². The summed E-state index contributed by atoms with van der Waals surface area (Å²) in [5.74, 6) is 1.04. The van der Waals surface area contributed by atoms with E-state index in [4.69, 9.17) is 0 Å². The Morgan fingerprint density at radius 3 is 2.57 bits per heavy atom. The van der Waals surface area contributed by atoms with Crippen molar-refractivity contribution in [1.82, 2.24) is 0 Å². The Bertz CT molecular complexity index is 579. The topological polar surface area (TPSA) is 57.5 Å². The quantitative estimate of drug-likeness (QED) is 0.675. The summed E-state index contributed by atoms with van der Waals surface area (Å²) in [6.07, 6.45) is 4.22. The molecule has 4 aliphatic rings. The molecular weight excluding hydrogens is 288 g/mol. The number of carbonyl (C=O) groups excluding carboxylic acids is 1. The number of Topliss-reactive ketones (excluding diaryl/α,β-unsaturated/α-hetero) is 1. The Labute approximate surface area is 139 Å². The van der Waals surface area contributed by atoms with E-state index in [-0.39, 0.29) is 34.2 Å². The van der Waals surface area contributed by atoms with Gasteiger partial charge in [0.15, 0.2) is 0 Å². The maximum absolute atomic E-state index is 12.5. The van der Waals surface area contributed by atoms with Gasteiger partial charge in [-0.25, -0.2) is 0 Å². The molecule has 3 nitrogen and oxygen atoms in total. The summed E-state index contributed by atoms with van der Waals surface area (Å²) < 4.78 is 0. The molecule has 4 saturated carbocycles. The fourth-order valence-corrected chi connectivity index (χ4v) is 7.50. The van der Waals surface area contributed by atoms with Crippen LogP contribution < -0.4 is 0 Å². The van der Waals surface area contributed by atoms with Crippen LogP contribution in [0.15, 0.2) is 12.2 Å². The number of hydrogen-bond acceptors (Lipinski definition) is 3. The summed E-state index contributed by atoms with van der Waals surface area (Å²) in [5.41, 5.74) is 0.359. The van der Waals surface area contributed by atoms with Crippen LogP contribution in [-0.4, -0.2) is 28.2 Å². The third-order valence-corrected chi connectivity index (χ3v) is 8.46. The van der Waals surface area contributed by atoms with Crippen LogP contribution in [0.25, 0.3) is 0 Å². The predicted octanol–water partition coefficient (Wildman–Crippen LogP) is 3.10. The molecule has 4 aliphatic carbocycles. The van der Waals surface area contributed by atoms with E-state index in [1.54, 1.807) is 0 Å². The SMILES string of the molecule is C=C1C2CC(O)C3C4(C)CCC(=O)C(C)(C)C4CCC3(C2)C1O. The fraction of sp³-hybridized carbons (Fsp3) is 0.850. The molecule has 3 heteroatoms. The van der Waals surface area contributed by atoms with Crippen LogP contribution in [0.2, 0.25) is 0 Å². The first-order chi connectivity index (χ1) is 10.6. The molecule has 0 aliphatic heterocycles. The Morgan fingerprint density at radius 2 is 1.87 bits per heavy atom. The van der Waals surface area contributed by atoms with Gasteiger partial charge in [-0.2, -0.15) is 0 Å². The van der Waals surface area contributed by atoms with Crippen LogP contribution in [-0.2, 0) is 4.79 Å². The van der Waals surface area contributed by atoms with Crippen molar-refractivity contribution in [3.63, 3.8) is 0 Å². The lowest BCUT2D eigenvalue weighted by atomic mass is 9.40. The molecule has 4 fully saturated rings. The third kappa shape index (κ3) is 1.71. The highest BCUT2D eigenvalue weighted by Crippen LogP contribution is 2.71. The molecule has 7 unspecified atom stereocenters. The zero-order valence-electron chi connectivity index (χ0n) is 14.6. The van der Waals surface area contributed by atoms with Crippen molar-refractivity contribution in [2.24, 2.45) is 34.0 Å². The Hall–Kier alpha value is -0.670. The molecule has 2 bridgehead atoms. The second-order valence-corrected chi connectivity index (χ2v) is 9.63. The van der Waals surface area contributed by atoms with Gasteiger partial charge >= 0.3 is 0 Å². The zero-order chi connectivity index (χ0) is 16.8. The summed E-state index contributed by atoms with van der Waals surface area (Å²) >= 11 is 0. The number of hydrogen-bond donors (Lipinski definition) is 2. The normalized spacial score (nSPS) is 54.6. The van der Waals surface area contributed by atoms with Gasteiger partial charge in [0.05, 0.1) is 12.2 Å². The standard InChI is InChI=1S/C20H30O3/c1-11-12-9-13(21)16-19(4)7-6-15(22)18(2,3)14(19)5-8-20(16,10-12)17(11)23/h12-14,16-17,21,23H,1,5-10H2,2-4H3. The summed E-state index contributed by atoms with van der Waals surface area (Å²) in [5, 5.41) is 22.0. The minimum absolute atomic E-state index is 0.0638.